The molecule has 0 saturated carbocycles. The first kappa shape index (κ1) is 22.6. The Hall–Kier alpha value is -3.57. The highest BCUT2D eigenvalue weighted by Crippen LogP contribution is 2.33. The van der Waals surface area contributed by atoms with Crippen LogP contribution in [0.25, 0.3) is 6.08 Å². The van der Waals surface area contributed by atoms with Gasteiger partial charge in [-0.1, -0.05) is 42.5 Å². The number of hydrogen-bond acceptors (Lipinski definition) is 4. The normalized spacial score (nSPS) is 13.5. The molecule has 0 aromatic heterocycles. The fourth-order valence-electron chi connectivity index (χ4n) is 4.09. The second-order valence-electron chi connectivity index (χ2n) is 8.18. The zero-order chi connectivity index (χ0) is 23.0. The van der Waals surface area contributed by atoms with Crippen molar-refractivity contribution in [2.75, 3.05) is 32.6 Å². The van der Waals surface area contributed by atoms with Gasteiger partial charge in [-0.05, 0) is 65.4 Å². The van der Waals surface area contributed by atoms with Gasteiger partial charge in [0, 0.05) is 31.4 Å². The zero-order valence-electron chi connectivity index (χ0n) is 19.2. The lowest BCUT2D eigenvalue weighted by Gasteiger charge is -2.29. The molecule has 0 fully saturated rings. The summed E-state index contributed by atoms with van der Waals surface area (Å²) in [6.07, 6.45) is 5.34. The number of benzene rings is 3. The molecule has 3 aromatic rings. The van der Waals surface area contributed by atoms with Crippen LogP contribution in [0.5, 0.6) is 11.5 Å². The van der Waals surface area contributed by atoms with Crippen molar-refractivity contribution in [1.29, 1.82) is 0 Å². The molecule has 0 unspecified atom stereocenters. The molecule has 5 heteroatoms. The minimum atomic E-state index is -0.134. The van der Waals surface area contributed by atoms with Gasteiger partial charge in [0.2, 0.25) is 5.91 Å². The van der Waals surface area contributed by atoms with Crippen LogP contribution in [0, 0.1) is 0 Å². The molecule has 0 spiro atoms. The van der Waals surface area contributed by atoms with Gasteiger partial charge in [0.25, 0.3) is 0 Å². The first-order valence-electron chi connectivity index (χ1n) is 11.2. The molecule has 5 nitrogen and oxygen atoms in total. The quantitative estimate of drug-likeness (QED) is 0.501. The fourth-order valence-corrected chi connectivity index (χ4v) is 4.09. The number of nitrogens with zero attached hydrogens (tertiary/aromatic N) is 1. The molecule has 1 aliphatic rings. The molecule has 1 N–H and O–H groups in total. The number of amides is 1. The lowest BCUT2D eigenvalue weighted by Crippen LogP contribution is -2.32. The molecule has 3 aromatic carbocycles. The summed E-state index contributed by atoms with van der Waals surface area (Å²) in [6, 6.07) is 22.1. The third-order valence-electron chi connectivity index (χ3n) is 5.96. The number of nitrogens with one attached hydrogen (secondary N) is 1. The highest BCUT2D eigenvalue weighted by molar-refractivity contribution is 6.01. The van der Waals surface area contributed by atoms with E-state index < -0.39 is 0 Å². The Morgan fingerprint density at radius 3 is 2.36 bits per heavy atom. The number of rotatable bonds is 8. The Morgan fingerprint density at radius 1 is 0.970 bits per heavy atom. The summed E-state index contributed by atoms with van der Waals surface area (Å²) < 4.78 is 10.9. The summed E-state index contributed by atoms with van der Waals surface area (Å²) in [4.78, 5) is 14.6. The van der Waals surface area contributed by atoms with Crippen molar-refractivity contribution in [2.45, 2.75) is 19.4 Å². The van der Waals surface area contributed by atoms with Crippen LogP contribution in [0.2, 0.25) is 0 Å². The fraction of sp³-hybridized carbons (Fsp3) is 0.250. The Kier molecular flexibility index (Phi) is 7.43. The van der Waals surface area contributed by atoms with Gasteiger partial charge in [0.05, 0.1) is 14.2 Å². The van der Waals surface area contributed by atoms with Gasteiger partial charge >= 0.3 is 0 Å². The number of anilines is 1. The molecule has 0 atom stereocenters. The predicted octanol–water partition coefficient (Wildman–Crippen LogP) is 4.96. The van der Waals surface area contributed by atoms with Crippen molar-refractivity contribution in [2.24, 2.45) is 0 Å². The van der Waals surface area contributed by atoms with Gasteiger partial charge < -0.3 is 14.8 Å². The molecule has 1 heterocycles. The van der Waals surface area contributed by atoms with Crippen LogP contribution in [0.15, 0.2) is 72.8 Å². The monoisotopic (exact) mass is 442 g/mol. The Labute approximate surface area is 195 Å². The molecule has 0 aliphatic carbocycles. The van der Waals surface area contributed by atoms with E-state index in [-0.39, 0.29) is 5.91 Å². The summed E-state index contributed by atoms with van der Waals surface area (Å²) >= 11 is 0. The molecule has 33 heavy (non-hydrogen) atoms. The summed E-state index contributed by atoms with van der Waals surface area (Å²) in [5, 5.41) is 2.92. The number of carbonyl (C=O) groups is 1. The molecular weight excluding hydrogens is 412 g/mol. The second kappa shape index (κ2) is 10.8. The van der Waals surface area contributed by atoms with E-state index in [0.717, 1.165) is 55.2 Å². The van der Waals surface area contributed by atoms with Crippen molar-refractivity contribution in [3.8, 4) is 11.5 Å². The van der Waals surface area contributed by atoms with Crippen molar-refractivity contribution < 1.29 is 14.3 Å². The number of hydrogen-bond donors (Lipinski definition) is 1. The maximum absolute atomic E-state index is 12.2. The average molecular weight is 443 g/mol. The number of carbonyl (C=O) groups excluding carboxylic acids is 1. The SMILES string of the molecule is COc1cc2c(cc1OC)CN(CCc1ccc(NC(=O)/C=C/c3ccccc3)cc1)CC2. The van der Waals surface area contributed by atoms with Crippen LogP contribution < -0.4 is 14.8 Å². The molecule has 0 saturated heterocycles. The van der Waals surface area contributed by atoms with Gasteiger partial charge in [-0.25, -0.2) is 0 Å². The van der Waals surface area contributed by atoms with Crippen LogP contribution in [0.3, 0.4) is 0 Å². The van der Waals surface area contributed by atoms with Crippen molar-refractivity contribution in [3.05, 3.63) is 95.1 Å². The molecule has 4 rings (SSSR count). The van der Waals surface area contributed by atoms with Gasteiger partial charge in [-0.3, -0.25) is 9.69 Å². The van der Waals surface area contributed by atoms with Crippen molar-refractivity contribution in [3.63, 3.8) is 0 Å². The Balaban J connectivity index is 1.28. The maximum atomic E-state index is 12.2. The van der Waals surface area contributed by atoms with Gasteiger partial charge in [0.1, 0.15) is 0 Å². The lowest BCUT2D eigenvalue weighted by molar-refractivity contribution is -0.111. The summed E-state index contributed by atoms with van der Waals surface area (Å²) in [5.41, 5.74) is 5.70. The topological polar surface area (TPSA) is 50.8 Å². The molecule has 0 radical (unpaired) electrons. The molecular formula is C28H30N2O3. The van der Waals surface area contributed by atoms with Crippen LogP contribution in [0.1, 0.15) is 22.3 Å². The Bertz CT molecular complexity index is 1110. The smallest absolute Gasteiger partial charge is 0.248 e. The average Bonchev–Trinajstić information content (AvgIpc) is 2.86. The van der Waals surface area contributed by atoms with E-state index in [1.807, 2.05) is 48.5 Å². The third-order valence-corrected chi connectivity index (χ3v) is 5.96. The number of ether oxygens (including phenoxy) is 2. The predicted molar refractivity (Wildman–Crippen MR) is 133 cm³/mol. The first-order valence-corrected chi connectivity index (χ1v) is 11.2. The first-order chi connectivity index (χ1) is 16.1. The maximum Gasteiger partial charge on any atom is 0.248 e. The van der Waals surface area contributed by atoms with Gasteiger partial charge in [0.15, 0.2) is 11.5 Å². The second-order valence-corrected chi connectivity index (χ2v) is 8.18. The van der Waals surface area contributed by atoms with E-state index in [1.165, 1.54) is 16.7 Å². The van der Waals surface area contributed by atoms with Crippen molar-refractivity contribution in [1.82, 2.24) is 4.90 Å². The van der Waals surface area contributed by atoms with Crippen molar-refractivity contribution >= 4 is 17.7 Å². The minimum absolute atomic E-state index is 0.134. The third kappa shape index (κ3) is 6.02. The van der Waals surface area contributed by atoms with Crippen LogP contribution >= 0.6 is 0 Å². The summed E-state index contributed by atoms with van der Waals surface area (Å²) in [5.74, 6) is 1.45. The molecule has 1 amide bonds. The summed E-state index contributed by atoms with van der Waals surface area (Å²) in [6.45, 7) is 2.93. The van der Waals surface area contributed by atoms with E-state index in [9.17, 15) is 4.79 Å². The van der Waals surface area contributed by atoms with Gasteiger partial charge in [-0.15, -0.1) is 0 Å². The number of methoxy groups -OCH3 is 2. The largest absolute Gasteiger partial charge is 0.493 e. The van der Waals surface area contributed by atoms with E-state index in [1.54, 1.807) is 20.3 Å². The van der Waals surface area contributed by atoms with E-state index in [0.29, 0.717) is 0 Å². The highest BCUT2D eigenvalue weighted by atomic mass is 16.5. The Morgan fingerprint density at radius 2 is 1.67 bits per heavy atom. The van der Waals surface area contributed by atoms with E-state index in [2.05, 4.69) is 34.5 Å². The zero-order valence-corrected chi connectivity index (χ0v) is 19.2. The molecule has 170 valence electrons. The highest BCUT2D eigenvalue weighted by Gasteiger charge is 2.19. The van der Waals surface area contributed by atoms with E-state index in [4.69, 9.17) is 9.47 Å². The van der Waals surface area contributed by atoms with Crippen LogP contribution in [-0.2, 0) is 24.2 Å². The molecule has 1 aliphatic heterocycles. The van der Waals surface area contributed by atoms with E-state index >= 15 is 0 Å². The molecule has 0 bridgehead atoms. The van der Waals surface area contributed by atoms with Gasteiger partial charge in [-0.2, -0.15) is 0 Å². The number of fused-ring (bicyclic) bond motifs is 1. The summed E-state index contributed by atoms with van der Waals surface area (Å²) in [7, 11) is 3.36. The van der Waals surface area contributed by atoms with Crippen LogP contribution in [-0.4, -0.2) is 38.1 Å². The minimum Gasteiger partial charge on any atom is -0.493 e. The lowest BCUT2D eigenvalue weighted by atomic mass is 9.98. The standard InChI is InChI=1S/C28H30N2O3/c1-32-26-18-23-15-17-30(20-24(23)19-27(26)33-2)16-14-22-8-11-25(12-9-22)29-28(31)13-10-21-6-4-3-5-7-21/h3-13,18-19H,14-17,20H2,1-2H3,(H,29,31)/b13-10+. The van der Waals surface area contributed by atoms with Crippen LogP contribution in [0.4, 0.5) is 5.69 Å².